The van der Waals surface area contributed by atoms with Crippen molar-refractivity contribution in [3.63, 3.8) is 0 Å². The molecule has 0 saturated carbocycles. The monoisotopic (exact) mass is 552 g/mol. The first-order valence-corrected chi connectivity index (χ1v) is 15.0. The van der Waals surface area contributed by atoms with Gasteiger partial charge >= 0.3 is 0 Å². The summed E-state index contributed by atoms with van der Waals surface area (Å²) in [5, 5.41) is 10.4. The number of aromatic hydroxyl groups is 1. The van der Waals surface area contributed by atoms with Crippen molar-refractivity contribution in [3.05, 3.63) is 70.7 Å². The standard InChI is InChI=1S/C18H20O2.C13H26O.C5H10O/c1-11-9-13(3)17(16(19)10-11)14-7-6-12(2)18-15(14)5-4-8-20-18;1-7-9-12(14-6)13(10(3)4)11(5)8-2;1-4-5(2)6-3/h6-7,9-10,19H,4-5,8H2,1-3H3;9-11,13H,7-8H2,1-6H3;2,4H2,1,3H3/b;12-9-;. The molecule has 40 heavy (non-hydrogen) atoms. The number of ether oxygens (including phenoxy) is 3. The summed E-state index contributed by atoms with van der Waals surface area (Å²) in [6.07, 6.45) is 7.46. The van der Waals surface area contributed by atoms with Crippen LogP contribution in [0.25, 0.3) is 11.1 Å². The van der Waals surface area contributed by atoms with E-state index in [9.17, 15) is 5.11 Å². The molecular formula is C36H56O4. The number of rotatable bonds is 9. The summed E-state index contributed by atoms with van der Waals surface area (Å²) in [6.45, 7) is 23.8. The predicted octanol–water partition coefficient (Wildman–Crippen LogP) is 10.1. The third kappa shape index (κ3) is 9.94. The van der Waals surface area contributed by atoms with Crippen LogP contribution in [0.1, 0.15) is 89.5 Å². The number of fused-ring (bicyclic) bond motifs is 1. The normalized spacial score (nSPS) is 13.9. The number of methoxy groups -OCH3 is 2. The summed E-state index contributed by atoms with van der Waals surface area (Å²) in [4.78, 5) is 0. The van der Waals surface area contributed by atoms with Crippen molar-refractivity contribution in [1.82, 2.24) is 0 Å². The summed E-state index contributed by atoms with van der Waals surface area (Å²) in [7, 11) is 3.42. The van der Waals surface area contributed by atoms with Gasteiger partial charge in [-0.15, -0.1) is 0 Å². The van der Waals surface area contributed by atoms with Crippen LogP contribution in [-0.2, 0) is 15.9 Å². The molecule has 3 rings (SSSR count). The number of hydrogen-bond donors (Lipinski definition) is 1. The van der Waals surface area contributed by atoms with E-state index in [1.807, 2.05) is 19.9 Å². The third-order valence-electron chi connectivity index (χ3n) is 7.63. The Hall–Kier alpha value is -2.88. The van der Waals surface area contributed by atoms with Gasteiger partial charge in [0.25, 0.3) is 0 Å². The molecule has 0 aliphatic carbocycles. The van der Waals surface area contributed by atoms with Crippen LogP contribution in [0.3, 0.4) is 0 Å². The molecule has 4 nitrogen and oxygen atoms in total. The Balaban J connectivity index is 0.000000349. The number of hydrogen-bond acceptors (Lipinski definition) is 4. The molecule has 2 aromatic rings. The van der Waals surface area contributed by atoms with Gasteiger partial charge in [0.15, 0.2) is 0 Å². The zero-order valence-electron chi connectivity index (χ0n) is 27.2. The quantitative estimate of drug-likeness (QED) is 0.314. The van der Waals surface area contributed by atoms with E-state index < -0.39 is 0 Å². The van der Waals surface area contributed by atoms with Crippen molar-refractivity contribution in [2.75, 3.05) is 20.8 Å². The molecule has 224 valence electrons. The van der Waals surface area contributed by atoms with E-state index in [0.29, 0.717) is 23.5 Å². The van der Waals surface area contributed by atoms with Crippen molar-refractivity contribution < 1.29 is 19.3 Å². The highest BCUT2D eigenvalue weighted by Crippen LogP contribution is 2.41. The first-order chi connectivity index (χ1) is 19.0. The second kappa shape index (κ2) is 17.7. The lowest BCUT2D eigenvalue weighted by molar-refractivity contribution is 0.171. The Bertz CT molecular complexity index is 1070. The molecular weight excluding hydrogens is 496 g/mol. The van der Waals surface area contributed by atoms with E-state index in [0.717, 1.165) is 66.1 Å². The highest BCUT2D eigenvalue weighted by molar-refractivity contribution is 5.79. The van der Waals surface area contributed by atoms with Crippen molar-refractivity contribution in [3.8, 4) is 22.6 Å². The minimum atomic E-state index is 0.360. The Labute approximate surface area is 245 Å². The first kappa shape index (κ1) is 35.1. The van der Waals surface area contributed by atoms with Crippen molar-refractivity contribution in [2.45, 2.75) is 94.4 Å². The lowest BCUT2D eigenvalue weighted by atomic mass is 9.81. The molecule has 4 heteroatoms. The van der Waals surface area contributed by atoms with E-state index in [1.54, 1.807) is 14.2 Å². The molecule has 0 spiro atoms. The summed E-state index contributed by atoms with van der Waals surface area (Å²) in [5.41, 5.74) is 6.66. The Morgan fingerprint density at radius 3 is 2.17 bits per heavy atom. The topological polar surface area (TPSA) is 47.9 Å². The van der Waals surface area contributed by atoms with E-state index in [1.165, 1.54) is 23.3 Å². The largest absolute Gasteiger partial charge is 0.507 e. The molecule has 2 unspecified atom stereocenters. The van der Waals surface area contributed by atoms with Gasteiger partial charge in [0.1, 0.15) is 11.5 Å². The van der Waals surface area contributed by atoms with Gasteiger partial charge in [-0.25, -0.2) is 0 Å². The van der Waals surface area contributed by atoms with Crippen LogP contribution in [0.2, 0.25) is 0 Å². The smallest absolute Gasteiger partial charge is 0.126 e. The molecule has 2 aromatic carbocycles. The van der Waals surface area contributed by atoms with Crippen LogP contribution in [0.4, 0.5) is 0 Å². The van der Waals surface area contributed by atoms with Gasteiger partial charge in [0, 0.05) is 23.5 Å². The maximum Gasteiger partial charge on any atom is 0.126 e. The summed E-state index contributed by atoms with van der Waals surface area (Å²) >= 11 is 0. The molecule has 0 bridgehead atoms. The van der Waals surface area contributed by atoms with Crippen LogP contribution in [0.15, 0.2) is 48.4 Å². The van der Waals surface area contributed by atoms with Gasteiger partial charge in [-0.2, -0.15) is 0 Å². The second-order valence-electron chi connectivity index (χ2n) is 11.1. The molecule has 0 radical (unpaired) electrons. The van der Waals surface area contributed by atoms with Gasteiger partial charge in [-0.3, -0.25) is 0 Å². The lowest BCUT2D eigenvalue weighted by Gasteiger charge is -2.28. The van der Waals surface area contributed by atoms with Gasteiger partial charge in [0.05, 0.1) is 32.3 Å². The maximum absolute atomic E-state index is 10.4. The minimum Gasteiger partial charge on any atom is -0.507 e. The molecule has 0 saturated heterocycles. The Morgan fingerprint density at radius 1 is 1.02 bits per heavy atom. The zero-order chi connectivity index (χ0) is 30.4. The fourth-order valence-corrected chi connectivity index (χ4v) is 5.37. The molecule has 0 amide bonds. The predicted molar refractivity (Wildman–Crippen MR) is 171 cm³/mol. The van der Waals surface area contributed by atoms with Crippen LogP contribution in [0.5, 0.6) is 11.5 Å². The fraction of sp³-hybridized carbons (Fsp3) is 0.556. The number of allylic oxidation sites excluding steroid dienone is 3. The molecule has 0 aromatic heterocycles. The summed E-state index contributed by atoms with van der Waals surface area (Å²) < 4.78 is 16.0. The first-order valence-electron chi connectivity index (χ1n) is 15.0. The number of aryl methyl sites for hydroxylation is 3. The fourth-order valence-electron chi connectivity index (χ4n) is 5.37. The summed E-state index contributed by atoms with van der Waals surface area (Å²) in [5.74, 6) is 5.32. The van der Waals surface area contributed by atoms with E-state index in [-0.39, 0.29) is 0 Å². The van der Waals surface area contributed by atoms with Crippen LogP contribution >= 0.6 is 0 Å². The van der Waals surface area contributed by atoms with Gasteiger partial charge in [-0.05, 0) is 86.3 Å². The Kier molecular flexibility index (Phi) is 15.6. The zero-order valence-corrected chi connectivity index (χ0v) is 27.2. The number of phenols is 1. The molecule has 1 aliphatic heterocycles. The third-order valence-corrected chi connectivity index (χ3v) is 7.63. The average Bonchev–Trinajstić information content (AvgIpc) is 2.93. The van der Waals surface area contributed by atoms with Crippen molar-refractivity contribution in [1.29, 1.82) is 0 Å². The van der Waals surface area contributed by atoms with Crippen LogP contribution in [-0.4, -0.2) is 25.9 Å². The minimum absolute atomic E-state index is 0.360. The van der Waals surface area contributed by atoms with Crippen LogP contribution < -0.4 is 4.74 Å². The molecule has 2 atom stereocenters. The number of benzene rings is 2. The Morgan fingerprint density at radius 2 is 1.70 bits per heavy atom. The van der Waals surface area contributed by atoms with Gasteiger partial charge < -0.3 is 19.3 Å². The van der Waals surface area contributed by atoms with E-state index in [4.69, 9.17) is 14.2 Å². The lowest BCUT2D eigenvalue weighted by Crippen LogP contribution is -2.21. The average molecular weight is 553 g/mol. The number of phenolic OH excluding ortho intramolecular Hbond substituents is 1. The van der Waals surface area contributed by atoms with Gasteiger partial charge in [0.2, 0.25) is 0 Å². The SMILES string of the molecule is C=C(CC)OC.CC/C=C(\OC)C(C(C)C)C(C)CC.Cc1cc(C)c(-c2ccc(C)c3c2CCCO3)c(O)c1. The van der Waals surface area contributed by atoms with Crippen LogP contribution in [0, 0.1) is 38.5 Å². The van der Waals surface area contributed by atoms with E-state index in [2.05, 4.69) is 79.3 Å². The molecule has 0 fully saturated rings. The van der Waals surface area contributed by atoms with Crippen molar-refractivity contribution in [2.24, 2.45) is 17.8 Å². The summed E-state index contributed by atoms with van der Waals surface area (Å²) in [6, 6.07) is 8.14. The molecule has 1 N–H and O–H groups in total. The second-order valence-corrected chi connectivity index (χ2v) is 11.1. The maximum atomic E-state index is 10.4. The highest BCUT2D eigenvalue weighted by Gasteiger charge is 2.24. The van der Waals surface area contributed by atoms with Gasteiger partial charge in [-0.1, -0.05) is 72.7 Å². The molecule has 1 aliphatic rings. The van der Waals surface area contributed by atoms with E-state index >= 15 is 0 Å². The highest BCUT2D eigenvalue weighted by atomic mass is 16.5. The van der Waals surface area contributed by atoms with Crippen molar-refractivity contribution >= 4 is 0 Å². The molecule has 1 heterocycles.